The van der Waals surface area contributed by atoms with E-state index in [1.165, 1.54) is 0 Å². The van der Waals surface area contributed by atoms with Crippen LogP contribution >= 0.6 is 0 Å². The largest absolute Gasteiger partial charge is 0.478 e. The lowest BCUT2D eigenvalue weighted by Crippen LogP contribution is -2.22. The van der Waals surface area contributed by atoms with Crippen LogP contribution in [0.4, 0.5) is 5.69 Å². The highest BCUT2D eigenvalue weighted by molar-refractivity contribution is 5.72. The van der Waals surface area contributed by atoms with Crippen molar-refractivity contribution in [2.75, 3.05) is 25.1 Å². The Hall–Kier alpha value is -1.78. The van der Waals surface area contributed by atoms with Crippen molar-refractivity contribution in [3.05, 3.63) is 18.3 Å². The average Bonchev–Trinajstić information content (AvgIpc) is 2.38. The minimum Gasteiger partial charge on any atom is -0.478 e. The van der Waals surface area contributed by atoms with Gasteiger partial charge in [0.15, 0.2) is 0 Å². The first-order chi connectivity index (χ1) is 8.67. The summed E-state index contributed by atoms with van der Waals surface area (Å²) in [4.78, 5) is 15.5. The molecule has 1 N–H and O–H groups in total. The second-order valence-electron chi connectivity index (χ2n) is 3.85. The first-order valence-corrected chi connectivity index (χ1v) is 6.16. The number of carbonyl (C=O) groups excluding carboxylic acids is 1. The Labute approximate surface area is 108 Å². The van der Waals surface area contributed by atoms with Gasteiger partial charge in [-0.15, -0.1) is 0 Å². The van der Waals surface area contributed by atoms with Crippen molar-refractivity contribution in [3.8, 4) is 5.88 Å². The fourth-order valence-corrected chi connectivity index (χ4v) is 1.36. The molecule has 100 valence electrons. The zero-order chi connectivity index (χ0) is 13.4. The quantitative estimate of drug-likeness (QED) is 0.753. The van der Waals surface area contributed by atoms with E-state index >= 15 is 0 Å². The lowest BCUT2D eigenvalue weighted by Gasteiger charge is -2.12. The highest BCUT2D eigenvalue weighted by atomic mass is 16.5. The number of hydrogen-bond acceptors (Lipinski definition) is 5. The van der Waals surface area contributed by atoms with Crippen LogP contribution in [0.3, 0.4) is 0 Å². The van der Waals surface area contributed by atoms with Gasteiger partial charge in [0.2, 0.25) is 5.88 Å². The van der Waals surface area contributed by atoms with Crippen LogP contribution in [0.5, 0.6) is 5.88 Å². The lowest BCUT2D eigenvalue weighted by atomic mass is 10.2. The minimum atomic E-state index is -0.191. The monoisotopic (exact) mass is 252 g/mol. The number of aromatic nitrogens is 1. The molecule has 0 aliphatic heterocycles. The predicted molar refractivity (Wildman–Crippen MR) is 69.7 cm³/mol. The van der Waals surface area contributed by atoms with Gasteiger partial charge in [0, 0.05) is 12.6 Å². The van der Waals surface area contributed by atoms with Gasteiger partial charge in [-0.05, 0) is 19.9 Å². The Balaban J connectivity index is 2.41. The number of anilines is 1. The van der Waals surface area contributed by atoms with Gasteiger partial charge in [-0.1, -0.05) is 6.92 Å². The summed E-state index contributed by atoms with van der Waals surface area (Å²) in [5.41, 5.74) is 0.856. The van der Waals surface area contributed by atoms with E-state index in [4.69, 9.17) is 9.47 Å². The van der Waals surface area contributed by atoms with Crippen LogP contribution in [0.1, 0.15) is 20.8 Å². The van der Waals surface area contributed by atoms with Crippen LogP contribution in [0.25, 0.3) is 0 Å². The maximum Gasteiger partial charge on any atom is 0.310 e. The Morgan fingerprint density at radius 1 is 1.39 bits per heavy atom. The normalized spacial score (nSPS) is 11.7. The van der Waals surface area contributed by atoms with Crippen molar-refractivity contribution < 1.29 is 14.3 Å². The third-order valence-corrected chi connectivity index (χ3v) is 2.33. The minimum absolute atomic E-state index is 0.184. The van der Waals surface area contributed by atoms with Gasteiger partial charge in [0.25, 0.3) is 0 Å². The molecule has 0 aliphatic rings. The Morgan fingerprint density at radius 3 is 2.72 bits per heavy atom. The van der Waals surface area contributed by atoms with Gasteiger partial charge in [-0.25, -0.2) is 4.98 Å². The van der Waals surface area contributed by atoms with E-state index in [1.54, 1.807) is 19.2 Å². The number of pyridine rings is 1. The molecule has 1 heterocycles. The fourth-order valence-electron chi connectivity index (χ4n) is 1.36. The summed E-state index contributed by atoms with van der Waals surface area (Å²) < 4.78 is 10.2. The highest BCUT2D eigenvalue weighted by Gasteiger charge is 2.13. The third kappa shape index (κ3) is 4.61. The van der Waals surface area contributed by atoms with E-state index in [0.717, 1.165) is 5.69 Å². The Kier molecular flexibility index (Phi) is 5.97. The molecule has 0 amide bonds. The summed E-state index contributed by atoms with van der Waals surface area (Å²) in [6.07, 6.45) is 1.68. The molecule has 0 saturated heterocycles. The van der Waals surface area contributed by atoms with Crippen molar-refractivity contribution in [2.24, 2.45) is 5.92 Å². The van der Waals surface area contributed by atoms with Crippen LogP contribution in [-0.2, 0) is 9.53 Å². The molecule has 1 aromatic rings. The molecule has 5 nitrogen and oxygen atoms in total. The number of carbonyl (C=O) groups is 1. The van der Waals surface area contributed by atoms with Gasteiger partial charge in [0.1, 0.15) is 0 Å². The second-order valence-corrected chi connectivity index (χ2v) is 3.85. The average molecular weight is 252 g/mol. The number of hydrogen-bond donors (Lipinski definition) is 1. The summed E-state index contributed by atoms with van der Waals surface area (Å²) in [6.45, 7) is 7.07. The molecule has 1 rings (SSSR count). The van der Waals surface area contributed by atoms with E-state index in [0.29, 0.717) is 25.6 Å². The van der Waals surface area contributed by atoms with E-state index < -0.39 is 0 Å². The topological polar surface area (TPSA) is 60.5 Å². The van der Waals surface area contributed by atoms with Gasteiger partial charge in [-0.3, -0.25) is 4.79 Å². The SMILES string of the molecule is CCOC(=O)C(C)CNc1ccc(OCC)nc1. The summed E-state index contributed by atoms with van der Waals surface area (Å²) in [5.74, 6) is 0.224. The first-order valence-electron chi connectivity index (χ1n) is 6.16. The molecular formula is C13H20N2O3. The molecule has 0 bridgehead atoms. The Bertz CT molecular complexity index is 365. The standard InChI is InChI=1S/C13H20N2O3/c1-4-17-12-7-6-11(9-15-12)14-8-10(3)13(16)18-5-2/h6-7,9-10,14H,4-5,8H2,1-3H3. The highest BCUT2D eigenvalue weighted by Crippen LogP contribution is 2.12. The van der Waals surface area contributed by atoms with E-state index in [9.17, 15) is 4.79 Å². The van der Waals surface area contributed by atoms with Crippen LogP contribution < -0.4 is 10.1 Å². The summed E-state index contributed by atoms with van der Waals surface area (Å²) in [7, 11) is 0. The van der Waals surface area contributed by atoms with Crippen LogP contribution in [0, 0.1) is 5.92 Å². The molecule has 1 atom stereocenters. The smallest absolute Gasteiger partial charge is 0.310 e. The van der Waals surface area contributed by atoms with Crippen LogP contribution in [-0.4, -0.2) is 30.7 Å². The number of rotatable bonds is 7. The zero-order valence-corrected chi connectivity index (χ0v) is 11.1. The second kappa shape index (κ2) is 7.53. The van der Waals surface area contributed by atoms with Gasteiger partial charge in [0.05, 0.1) is 31.0 Å². The summed E-state index contributed by atoms with van der Waals surface area (Å²) in [5, 5.41) is 3.13. The van der Waals surface area contributed by atoms with Crippen molar-refractivity contribution in [1.82, 2.24) is 4.98 Å². The van der Waals surface area contributed by atoms with Crippen molar-refractivity contribution in [3.63, 3.8) is 0 Å². The molecule has 0 aliphatic carbocycles. The fraction of sp³-hybridized carbons (Fsp3) is 0.538. The summed E-state index contributed by atoms with van der Waals surface area (Å²) in [6, 6.07) is 3.66. The number of ether oxygens (including phenoxy) is 2. The molecular weight excluding hydrogens is 232 g/mol. The van der Waals surface area contributed by atoms with E-state index in [2.05, 4.69) is 10.3 Å². The number of nitrogens with zero attached hydrogens (tertiary/aromatic N) is 1. The van der Waals surface area contributed by atoms with Crippen molar-refractivity contribution >= 4 is 11.7 Å². The molecule has 0 fully saturated rings. The molecule has 5 heteroatoms. The molecule has 1 unspecified atom stereocenters. The van der Waals surface area contributed by atoms with Crippen LogP contribution in [0.15, 0.2) is 18.3 Å². The van der Waals surface area contributed by atoms with E-state index in [-0.39, 0.29) is 11.9 Å². The molecule has 0 spiro atoms. The van der Waals surface area contributed by atoms with Crippen molar-refractivity contribution in [2.45, 2.75) is 20.8 Å². The van der Waals surface area contributed by atoms with Gasteiger partial charge < -0.3 is 14.8 Å². The molecule has 1 aromatic heterocycles. The van der Waals surface area contributed by atoms with Gasteiger partial charge >= 0.3 is 5.97 Å². The van der Waals surface area contributed by atoms with Crippen molar-refractivity contribution in [1.29, 1.82) is 0 Å². The van der Waals surface area contributed by atoms with Gasteiger partial charge in [-0.2, -0.15) is 0 Å². The van der Waals surface area contributed by atoms with E-state index in [1.807, 2.05) is 19.9 Å². The predicted octanol–water partition coefficient (Wildman–Crippen LogP) is 2.09. The Morgan fingerprint density at radius 2 is 2.17 bits per heavy atom. The number of nitrogens with one attached hydrogen (secondary N) is 1. The zero-order valence-electron chi connectivity index (χ0n) is 11.1. The molecule has 0 aromatic carbocycles. The molecule has 0 saturated carbocycles. The lowest BCUT2D eigenvalue weighted by molar-refractivity contribution is -0.146. The third-order valence-electron chi connectivity index (χ3n) is 2.33. The maximum absolute atomic E-state index is 11.4. The maximum atomic E-state index is 11.4. The number of esters is 1. The van der Waals surface area contributed by atoms with Crippen LogP contribution in [0.2, 0.25) is 0 Å². The first kappa shape index (κ1) is 14.3. The summed E-state index contributed by atoms with van der Waals surface area (Å²) >= 11 is 0. The molecule has 18 heavy (non-hydrogen) atoms. The molecule has 0 radical (unpaired) electrons.